The summed E-state index contributed by atoms with van der Waals surface area (Å²) in [5.74, 6) is 0.896. The maximum atomic E-state index is 7.01. The van der Waals surface area contributed by atoms with Crippen molar-refractivity contribution in [2.75, 3.05) is 19.8 Å². The zero-order valence-electron chi connectivity index (χ0n) is 37.7. The zero-order valence-corrected chi connectivity index (χ0v) is 42.7. The van der Waals surface area contributed by atoms with Gasteiger partial charge in [-0.25, -0.2) is 0 Å². The van der Waals surface area contributed by atoms with Crippen LogP contribution in [-0.4, -0.2) is 98.0 Å². The van der Waals surface area contributed by atoms with E-state index in [4.69, 9.17) is 31.6 Å². The summed E-state index contributed by atoms with van der Waals surface area (Å²) >= 11 is 0. The molecule has 52 heavy (non-hydrogen) atoms. The predicted molar refractivity (Wildman–Crippen MR) is 237 cm³/mol. The smallest absolute Gasteiger partial charge is 0.184 e. The third-order valence-corrected chi connectivity index (χ3v) is 13.9. The minimum atomic E-state index is -1.99. The summed E-state index contributed by atoms with van der Waals surface area (Å²) in [6.07, 6.45) is 16.0. The normalized spacial score (nSPS) is 22.3. The van der Waals surface area contributed by atoms with Gasteiger partial charge in [0.05, 0.1) is 19.3 Å². The SMILES string of the molecule is CCCCCCC(C)CCCCCCCCCOC[C@@H](COC1[C@@H](O[Si](C)(C)C)[C@H](O[Si](C)(C)C)[C@@H](O[Si](C)(C)C)[C@@H]1O[Si](C)(C)C)O[Si](C)(C)C. The van der Waals surface area contributed by atoms with Crippen LogP contribution in [0.2, 0.25) is 98.2 Å². The van der Waals surface area contributed by atoms with Crippen molar-refractivity contribution >= 4 is 41.6 Å². The average Bonchev–Trinajstić information content (AvgIpc) is 3.17. The predicted octanol–water partition coefficient (Wildman–Crippen LogP) is 12.2. The van der Waals surface area contributed by atoms with Crippen LogP contribution in [0.3, 0.4) is 0 Å². The Morgan fingerprint density at radius 2 is 0.788 bits per heavy atom. The molecule has 1 unspecified atom stereocenters. The molecule has 1 fully saturated rings. The summed E-state index contributed by atoms with van der Waals surface area (Å²) in [6, 6.07) is 0. The highest BCUT2D eigenvalue weighted by Gasteiger charge is 2.57. The summed E-state index contributed by atoms with van der Waals surface area (Å²) < 4.78 is 48.0. The van der Waals surface area contributed by atoms with E-state index >= 15 is 0 Å². The van der Waals surface area contributed by atoms with Gasteiger partial charge in [0.15, 0.2) is 41.6 Å². The first-order valence-corrected chi connectivity index (χ1v) is 38.4. The Labute approximate surface area is 329 Å². The minimum absolute atomic E-state index is 0.144. The van der Waals surface area contributed by atoms with Crippen LogP contribution in [0, 0.1) is 5.92 Å². The molecule has 0 aromatic carbocycles. The van der Waals surface area contributed by atoms with Crippen molar-refractivity contribution < 1.29 is 31.6 Å². The molecule has 1 rings (SSSR count). The number of ether oxygens (including phenoxy) is 2. The van der Waals surface area contributed by atoms with Gasteiger partial charge in [0.25, 0.3) is 0 Å². The summed E-state index contributed by atoms with van der Waals surface area (Å²) in [5.41, 5.74) is 0. The van der Waals surface area contributed by atoms with Crippen molar-refractivity contribution in [3.8, 4) is 0 Å². The van der Waals surface area contributed by atoms with Gasteiger partial charge in [-0.3, -0.25) is 0 Å². The summed E-state index contributed by atoms with van der Waals surface area (Å²) in [6.45, 7) is 40.2. The van der Waals surface area contributed by atoms with E-state index in [1.165, 1.54) is 77.0 Å². The molecule has 1 saturated carbocycles. The third-order valence-electron chi connectivity index (χ3n) is 8.91. The number of unbranched alkanes of at least 4 members (excludes halogenated alkanes) is 9. The Bertz CT molecular complexity index is 882. The quantitative estimate of drug-likeness (QED) is 0.0528. The van der Waals surface area contributed by atoms with Gasteiger partial charge in [0.2, 0.25) is 0 Å². The van der Waals surface area contributed by atoms with Crippen LogP contribution >= 0.6 is 0 Å². The average molecular weight is 824 g/mol. The van der Waals surface area contributed by atoms with Crippen molar-refractivity contribution in [2.45, 2.75) is 232 Å². The Hall–Kier alpha value is 0.804. The lowest BCUT2D eigenvalue weighted by Gasteiger charge is -2.37. The monoisotopic (exact) mass is 823 g/mol. The Morgan fingerprint density at radius 1 is 0.423 bits per heavy atom. The fourth-order valence-electron chi connectivity index (χ4n) is 6.99. The lowest BCUT2D eigenvalue weighted by atomic mass is 9.96. The Balaban J connectivity index is 2.86. The molecule has 6 atom stereocenters. The summed E-state index contributed by atoms with van der Waals surface area (Å²) in [5, 5.41) is 0. The molecule has 0 aromatic rings. The Morgan fingerprint density at radius 3 is 1.17 bits per heavy atom. The van der Waals surface area contributed by atoms with E-state index in [0.717, 1.165) is 18.9 Å². The Kier molecular flexibility index (Phi) is 23.4. The van der Waals surface area contributed by atoms with E-state index in [1.54, 1.807) is 0 Å². The van der Waals surface area contributed by atoms with E-state index < -0.39 is 41.6 Å². The fraction of sp³-hybridized carbons (Fsp3) is 1.00. The molecule has 7 nitrogen and oxygen atoms in total. The van der Waals surface area contributed by atoms with Gasteiger partial charge in [-0.05, 0) is 111 Å². The number of hydrogen-bond acceptors (Lipinski definition) is 7. The maximum absolute atomic E-state index is 7.01. The second-order valence-corrected chi connectivity index (χ2v) is 43.0. The third kappa shape index (κ3) is 25.1. The van der Waals surface area contributed by atoms with Gasteiger partial charge in [0, 0.05) is 6.61 Å². The molecule has 0 aliphatic heterocycles. The molecule has 0 aromatic heterocycles. The first-order chi connectivity index (χ1) is 23.8. The van der Waals surface area contributed by atoms with Gasteiger partial charge in [-0.2, -0.15) is 0 Å². The number of rotatable bonds is 30. The first-order valence-electron chi connectivity index (χ1n) is 21.4. The van der Waals surface area contributed by atoms with Gasteiger partial charge >= 0.3 is 0 Å². The minimum Gasteiger partial charge on any atom is -0.410 e. The van der Waals surface area contributed by atoms with Crippen LogP contribution in [0.15, 0.2) is 0 Å². The molecule has 1 aliphatic carbocycles. The topological polar surface area (TPSA) is 64.6 Å². The largest absolute Gasteiger partial charge is 0.410 e. The van der Waals surface area contributed by atoms with Crippen LogP contribution in [-0.2, 0) is 31.6 Å². The van der Waals surface area contributed by atoms with Crippen molar-refractivity contribution in [2.24, 2.45) is 5.92 Å². The van der Waals surface area contributed by atoms with Crippen molar-refractivity contribution in [3.05, 3.63) is 0 Å². The molecule has 1 aliphatic rings. The summed E-state index contributed by atoms with van der Waals surface area (Å²) in [7, 11) is -9.79. The van der Waals surface area contributed by atoms with Gasteiger partial charge in [-0.1, -0.05) is 90.9 Å². The highest BCUT2D eigenvalue weighted by atomic mass is 28.4. The second kappa shape index (κ2) is 23.9. The maximum Gasteiger partial charge on any atom is 0.184 e. The fourth-order valence-corrected chi connectivity index (χ4v) is 12.5. The van der Waals surface area contributed by atoms with Gasteiger partial charge in [-0.15, -0.1) is 0 Å². The van der Waals surface area contributed by atoms with Crippen molar-refractivity contribution in [1.82, 2.24) is 0 Å². The van der Waals surface area contributed by atoms with E-state index in [2.05, 4.69) is 112 Å². The molecule has 0 bridgehead atoms. The highest BCUT2D eigenvalue weighted by Crippen LogP contribution is 2.39. The molecule has 0 amide bonds. The molecular formula is C40H90O7Si5. The highest BCUT2D eigenvalue weighted by molar-refractivity contribution is 6.71. The molecule has 0 radical (unpaired) electrons. The lowest BCUT2D eigenvalue weighted by molar-refractivity contribution is -0.101. The molecule has 0 N–H and O–H groups in total. The molecule has 0 saturated heterocycles. The lowest BCUT2D eigenvalue weighted by Crippen LogP contribution is -2.51. The first kappa shape index (κ1) is 50.8. The van der Waals surface area contributed by atoms with Crippen LogP contribution in [0.5, 0.6) is 0 Å². The molecular weight excluding hydrogens is 733 g/mol. The molecule has 12 heteroatoms. The summed E-state index contributed by atoms with van der Waals surface area (Å²) in [4.78, 5) is 0. The molecule has 0 spiro atoms. The van der Waals surface area contributed by atoms with Crippen LogP contribution in [0.1, 0.15) is 97.3 Å². The standard InChI is InChI=1S/C40H90O7Si5/c1-18-19-20-26-29-34(2)30-27-24-22-21-23-25-28-31-41-32-35(43-48(3,4)5)33-42-36-37(44-49(6,7)8)39(46-51(12,13)14)40(47-52(15,16)17)38(36)45-50(9,10)11/h34-40H,18-33H2,1-17H3/t34?,35-,37+,38+,39-,40-/m0/s1. The van der Waals surface area contributed by atoms with Crippen molar-refractivity contribution in [3.63, 3.8) is 0 Å². The zero-order chi connectivity index (χ0) is 39.8. The van der Waals surface area contributed by atoms with Gasteiger partial charge in [0.1, 0.15) is 30.5 Å². The van der Waals surface area contributed by atoms with Crippen molar-refractivity contribution in [1.29, 1.82) is 0 Å². The number of hydrogen-bond donors (Lipinski definition) is 0. The van der Waals surface area contributed by atoms with Crippen LogP contribution < -0.4 is 0 Å². The van der Waals surface area contributed by atoms with Gasteiger partial charge < -0.3 is 31.6 Å². The van der Waals surface area contributed by atoms with Crippen LogP contribution in [0.4, 0.5) is 0 Å². The van der Waals surface area contributed by atoms with E-state index in [0.29, 0.717) is 13.2 Å². The molecule has 0 heterocycles. The van der Waals surface area contributed by atoms with E-state index in [1.807, 2.05) is 0 Å². The molecule has 312 valence electrons. The van der Waals surface area contributed by atoms with E-state index in [-0.39, 0.29) is 36.6 Å². The van der Waals surface area contributed by atoms with E-state index in [9.17, 15) is 0 Å². The van der Waals surface area contributed by atoms with Crippen LogP contribution in [0.25, 0.3) is 0 Å². The second-order valence-electron chi connectivity index (χ2n) is 20.7.